The van der Waals surface area contributed by atoms with E-state index in [1.807, 2.05) is 25.1 Å². The summed E-state index contributed by atoms with van der Waals surface area (Å²) in [5.74, 6) is 1.73. The number of nitrogens with one attached hydrogen (secondary N) is 1. The molecule has 0 aliphatic carbocycles. The fraction of sp³-hybridized carbons (Fsp3) is 0.316. The topological polar surface area (TPSA) is 73.3 Å². The van der Waals surface area contributed by atoms with Gasteiger partial charge < -0.3 is 14.8 Å². The predicted molar refractivity (Wildman–Crippen MR) is 108 cm³/mol. The lowest BCUT2D eigenvalue weighted by Crippen LogP contribution is -2.07. The van der Waals surface area contributed by atoms with Gasteiger partial charge in [-0.25, -0.2) is 9.97 Å². The first-order valence-corrected chi connectivity index (χ1v) is 9.59. The third-order valence-electron chi connectivity index (χ3n) is 4.02. The van der Waals surface area contributed by atoms with Crippen LogP contribution in [0.5, 0.6) is 5.75 Å². The van der Waals surface area contributed by atoms with Crippen molar-refractivity contribution in [3.63, 3.8) is 0 Å². The monoisotopic (exact) mass is 405 g/mol. The lowest BCUT2D eigenvalue weighted by molar-refractivity contribution is -0.140. The maximum atomic E-state index is 11.4. The maximum Gasteiger partial charge on any atom is 0.305 e. The zero-order chi connectivity index (χ0) is 19.4. The number of methoxy groups -OCH3 is 2. The minimum Gasteiger partial charge on any atom is -0.495 e. The number of carbonyl (C=O) groups excluding carboxylic acids is 1. The number of esters is 1. The van der Waals surface area contributed by atoms with Crippen molar-refractivity contribution < 1.29 is 14.3 Å². The molecule has 0 aliphatic heterocycles. The normalized spacial score (nSPS) is 10.8. The Morgan fingerprint density at radius 1 is 1.26 bits per heavy atom. The molecule has 0 aliphatic rings. The van der Waals surface area contributed by atoms with E-state index in [2.05, 4.69) is 21.4 Å². The van der Waals surface area contributed by atoms with Crippen molar-refractivity contribution >= 4 is 44.9 Å². The molecule has 0 fully saturated rings. The molecule has 0 atom stereocenters. The summed E-state index contributed by atoms with van der Waals surface area (Å²) in [4.78, 5) is 22.7. The van der Waals surface area contributed by atoms with Crippen molar-refractivity contribution in [3.8, 4) is 5.75 Å². The van der Waals surface area contributed by atoms with E-state index in [-0.39, 0.29) is 12.4 Å². The Balaban J connectivity index is 1.83. The van der Waals surface area contributed by atoms with Crippen molar-refractivity contribution in [1.29, 1.82) is 0 Å². The SMILES string of the molecule is COC(=O)CCc1nc(NCc2ccc(OC)c(Cl)c2)c2cc(C)sc2n1. The number of halogens is 1. The molecule has 3 rings (SSSR count). The van der Waals surface area contributed by atoms with E-state index < -0.39 is 0 Å². The Labute approximate surface area is 166 Å². The first-order chi connectivity index (χ1) is 13.0. The van der Waals surface area contributed by atoms with Crippen LogP contribution in [0.15, 0.2) is 24.3 Å². The summed E-state index contributed by atoms with van der Waals surface area (Å²) in [6.45, 7) is 2.59. The molecule has 0 amide bonds. The van der Waals surface area contributed by atoms with Gasteiger partial charge in [0.05, 0.1) is 31.0 Å². The Morgan fingerprint density at radius 3 is 2.78 bits per heavy atom. The number of anilines is 1. The molecule has 2 aromatic heterocycles. The van der Waals surface area contributed by atoms with Gasteiger partial charge in [0, 0.05) is 17.8 Å². The van der Waals surface area contributed by atoms with E-state index in [4.69, 9.17) is 21.1 Å². The van der Waals surface area contributed by atoms with Crippen LogP contribution < -0.4 is 10.1 Å². The van der Waals surface area contributed by atoms with E-state index >= 15 is 0 Å². The van der Waals surface area contributed by atoms with E-state index in [0.29, 0.717) is 29.6 Å². The number of rotatable bonds is 7. The number of carbonyl (C=O) groups is 1. The van der Waals surface area contributed by atoms with Crippen molar-refractivity contribution in [2.24, 2.45) is 0 Å². The lowest BCUT2D eigenvalue weighted by Gasteiger charge is -2.10. The Hall–Kier alpha value is -2.38. The van der Waals surface area contributed by atoms with Crippen molar-refractivity contribution in [3.05, 3.63) is 45.6 Å². The second kappa shape index (κ2) is 8.54. The molecule has 0 spiro atoms. The van der Waals surface area contributed by atoms with Gasteiger partial charge in [0.15, 0.2) is 0 Å². The summed E-state index contributed by atoms with van der Waals surface area (Å²) in [5, 5.41) is 4.90. The molecule has 8 heteroatoms. The van der Waals surface area contributed by atoms with E-state index in [1.165, 1.54) is 7.11 Å². The smallest absolute Gasteiger partial charge is 0.305 e. The molecular formula is C19H20ClN3O3S. The molecule has 0 bridgehead atoms. The van der Waals surface area contributed by atoms with Gasteiger partial charge in [0.25, 0.3) is 0 Å². The number of hydrogen-bond acceptors (Lipinski definition) is 7. The van der Waals surface area contributed by atoms with Crippen LogP contribution in [0.25, 0.3) is 10.2 Å². The highest BCUT2D eigenvalue weighted by Crippen LogP contribution is 2.30. The van der Waals surface area contributed by atoms with Crippen LogP contribution >= 0.6 is 22.9 Å². The molecule has 0 saturated carbocycles. The van der Waals surface area contributed by atoms with E-state index in [9.17, 15) is 4.79 Å². The zero-order valence-electron chi connectivity index (χ0n) is 15.3. The van der Waals surface area contributed by atoms with Gasteiger partial charge in [0.2, 0.25) is 0 Å². The first kappa shape index (κ1) is 19.4. The van der Waals surface area contributed by atoms with Gasteiger partial charge in [-0.05, 0) is 30.7 Å². The molecular weight excluding hydrogens is 386 g/mol. The van der Waals surface area contributed by atoms with Gasteiger partial charge in [-0.15, -0.1) is 11.3 Å². The van der Waals surface area contributed by atoms with Crippen molar-refractivity contribution in [2.75, 3.05) is 19.5 Å². The van der Waals surface area contributed by atoms with Crippen LogP contribution in [0.1, 0.15) is 22.7 Å². The molecule has 0 unspecified atom stereocenters. The summed E-state index contributed by atoms with van der Waals surface area (Å²) in [7, 11) is 2.97. The van der Waals surface area contributed by atoms with Gasteiger partial charge in [0.1, 0.15) is 22.2 Å². The number of nitrogens with zero attached hydrogens (tertiary/aromatic N) is 2. The summed E-state index contributed by atoms with van der Waals surface area (Å²) in [6.07, 6.45) is 0.683. The Bertz CT molecular complexity index is 974. The minimum absolute atomic E-state index is 0.250. The fourth-order valence-corrected chi connectivity index (χ4v) is 3.83. The molecule has 1 N–H and O–H groups in total. The highest BCUT2D eigenvalue weighted by Gasteiger charge is 2.12. The largest absolute Gasteiger partial charge is 0.495 e. The van der Waals surface area contributed by atoms with Crippen LogP contribution in [0.2, 0.25) is 5.02 Å². The van der Waals surface area contributed by atoms with E-state index in [0.717, 1.165) is 26.5 Å². The third-order valence-corrected chi connectivity index (χ3v) is 5.26. The summed E-state index contributed by atoms with van der Waals surface area (Å²) >= 11 is 7.80. The number of aryl methyl sites for hydroxylation is 2. The molecule has 0 saturated heterocycles. The second-order valence-electron chi connectivity index (χ2n) is 5.96. The average molecular weight is 406 g/mol. The van der Waals surface area contributed by atoms with Crippen LogP contribution in [0.3, 0.4) is 0 Å². The van der Waals surface area contributed by atoms with Crippen molar-refractivity contribution in [1.82, 2.24) is 9.97 Å². The molecule has 27 heavy (non-hydrogen) atoms. The van der Waals surface area contributed by atoms with E-state index in [1.54, 1.807) is 18.4 Å². The van der Waals surface area contributed by atoms with Gasteiger partial charge in [-0.1, -0.05) is 17.7 Å². The highest BCUT2D eigenvalue weighted by atomic mass is 35.5. The number of hydrogen-bond donors (Lipinski definition) is 1. The number of ether oxygens (including phenoxy) is 2. The second-order valence-corrected chi connectivity index (χ2v) is 7.60. The predicted octanol–water partition coefficient (Wildman–Crippen LogP) is 4.38. The summed E-state index contributed by atoms with van der Waals surface area (Å²) in [6, 6.07) is 7.72. The van der Waals surface area contributed by atoms with Gasteiger partial charge in [-0.2, -0.15) is 0 Å². The minimum atomic E-state index is -0.275. The summed E-state index contributed by atoms with van der Waals surface area (Å²) < 4.78 is 9.88. The van der Waals surface area contributed by atoms with Gasteiger partial charge >= 0.3 is 5.97 Å². The zero-order valence-corrected chi connectivity index (χ0v) is 16.9. The van der Waals surface area contributed by atoms with Crippen LogP contribution in [0, 0.1) is 6.92 Å². The quantitative estimate of drug-likeness (QED) is 0.588. The standard InChI is InChI=1S/C19H20ClN3O3S/c1-11-8-13-18(21-10-12-4-5-15(25-2)14(20)9-12)22-16(23-19(13)27-11)6-7-17(24)26-3/h4-5,8-9H,6-7,10H2,1-3H3,(H,21,22,23). The molecule has 2 heterocycles. The number of aromatic nitrogens is 2. The lowest BCUT2D eigenvalue weighted by atomic mass is 10.2. The van der Waals surface area contributed by atoms with Crippen LogP contribution in [-0.2, 0) is 22.5 Å². The van der Waals surface area contributed by atoms with Crippen molar-refractivity contribution in [2.45, 2.75) is 26.3 Å². The number of thiophene rings is 1. The van der Waals surface area contributed by atoms with Crippen LogP contribution in [0.4, 0.5) is 5.82 Å². The summed E-state index contributed by atoms with van der Waals surface area (Å²) in [5.41, 5.74) is 1.01. The third kappa shape index (κ3) is 4.67. The Morgan fingerprint density at radius 2 is 2.07 bits per heavy atom. The Kier molecular flexibility index (Phi) is 6.13. The molecule has 142 valence electrons. The maximum absolute atomic E-state index is 11.4. The average Bonchev–Trinajstić information content (AvgIpc) is 3.04. The number of benzene rings is 1. The molecule has 0 radical (unpaired) electrons. The van der Waals surface area contributed by atoms with Crippen LogP contribution in [-0.4, -0.2) is 30.2 Å². The first-order valence-electron chi connectivity index (χ1n) is 8.40. The molecule has 1 aromatic carbocycles. The van der Waals surface area contributed by atoms with Gasteiger partial charge in [-0.3, -0.25) is 4.79 Å². The molecule has 3 aromatic rings. The highest BCUT2D eigenvalue weighted by molar-refractivity contribution is 7.18. The fourth-order valence-electron chi connectivity index (χ4n) is 2.65. The number of fused-ring (bicyclic) bond motifs is 1. The molecule has 6 nitrogen and oxygen atoms in total.